The molecule has 0 aliphatic heterocycles. The van der Waals surface area contributed by atoms with Gasteiger partial charge in [-0.15, -0.1) is 22.7 Å². The number of nitrogen functional groups attached to an aromatic ring is 1. The minimum Gasteiger partial charge on any atom is -0.462 e. The summed E-state index contributed by atoms with van der Waals surface area (Å²) >= 11 is 9.34. The van der Waals surface area contributed by atoms with E-state index in [2.05, 4.69) is 27.9 Å². The van der Waals surface area contributed by atoms with E-state index in [0.29, 0.717) is 28.1 Å². The number of fused-ring (bicyclic) bond motifs is 1. The second-order valence-electron chi connectivity index (χ2n) is 6.42. The Morgan fingerprint density at radius 1 is 1.06 bits per heavy atom. The van der Waals surface area contributed by atoms with Crippen LogP contribution in [0.2, 0.25) is 5.15 Å². The first kappa shape index (κ1) is 23.1. The van der Waals surface area contributed by atoms with Gasteiger partial charge in [0.25, 0.3) is 0 Å². The first-order valence-corrected chi connectivity index (χ1v) is 11.9. The maximum Gasteiger partial charge on any atom is 0.341 e. The predicted molar refractivity (Wildman–Crippen MR) is 129 cm³/mol. The molecule has 0 fully saturated rings. The van der Waals surface area contributed by atoms with Gasteiger partial charge in [-0.25, -0.2) is 14.8 Å². The molecule has 0 aromatic carbocycles. The molecule has 0 bridgehead atoms. The molecule has 0 amide bonds. The highest BCUT2D eigenvalue weighted by molar-refractivity contribution is 7.18. The Morgan fingerprint density at radius 2 is 1.74 bits per heavy atom. The van der Waals surface area contributed by atoms with Crippen LogP contribution < -0.4 is 5.73 Å². The zero-order chi connectivity index (χ0) is 22.4. The molecular weight excluding hydrogens is 452 g/mol. The highest BCUT2D eigenvalue weighted by Gasteiger charge is 2.14. The zero-order valence-corrected chi connectivity index (χ0v) is 19.9. The number of hydrogen-bond donors (Lipinski definition) is 1. The topological polar surface area (TPSA) is 91.0 Å². The van der Waals surface area contributed by atoms with Crippen LogP contribution in [0.1, 0.15) is 40.9 Å². The summed E-state index contributed by atoms with van der Waals surface area (Å²) in [5.74, 6) is 0.329. The quantitative estimate of drug-likeness (QED) is 0.280. The minimum absolute atomic E-state index is 0.323. The number of pyridine rings is 1. The van der Waals surface area contributed by atoms with Crippen molar-refractivity contribution in [3.05, 3.63) is 57.1 Å². The molecule has 4 heterocycles. The van der Waals surface area contributed by atoms with E-state index in [1.807, 2.05) is 19.1 Å². The summed E-state index contributed by atoms with van der Waals surface area (Å²) in [6.45, 7) is 6.31. The lowest BCUT2D eigenvalue weighted by molar-refractivity contribution is 0.0528. The van der Waals surface area contributed by atoms with Crippen molar-refractivity contribution in [1.82, 2.24) is 15.0 Å². The highest BCUT2D eigenvalue weighted by atomic mass is 35.5. The lowest BCUT2D eigenvalue weighted by atomic mass is 10.2. The summed E-state index contributed by atoms with van der Waals surface area (Å²) in [6, 6.07) is 7.63. The Bertz CT molecular complexity index is 1180. The van der Waals surface area contributed by atoms with Crippen LogP contribution >= 0.6 is 34.3 Å². The van der Waals surface area contributed by atoms with Gasteiger partial charge in [-0.3, -0.25) is 4.98 Å². The van der Waals surface area contributed by atoms with Crippen LogP contribution in [0, 0.1) is 0 Å². The van der Waals surface area contributed by atoms with Crippen LogP contribution in [0.15, 0.2) is 36.7 Å². The lowest BCUT2D eigenvalue weighted by Crippen LogP contribution is -2.05. The maximum absolute atomic E-state index is 11.3. The number of carbonyl (C=O) groups excluding carboxylic acids is 1. The molecule has 0 unspecified atom stereocenters. The third-order valence-electron chi connectivity index (χ3n) is 4.34. The molecule has 9 heteroatoms. The smallest absolute Gasteiger partial charge is 0.341 e. The van der Waals surface area contributed by atoms with Gasteiger partial charge < -0.3 is 10.5 Å². The number of carbonyl (C=O) groups is 1. The largest absolute Gasteiger partial charge is 0.462 e. The van der Waals surface area contributed by atoms with Crippen LogP contribution in [0.4, 0.5) is 5.00 Å². The van der Waals surface area contributed by atoms with E-state index in [9.17, 15) is 4.79 Å². The van der Waals surface area contributed by atoms with Crippen molar-refractivity contribution in [1.29, 1.82) is 0 Å². The average Bonchev–Trinajstić information content (AvgIpc) is 3.38. The molecule has 4 rings (SSSR count). The van der Waals surface area contributed by atoms with E-state index < -0.39 is 0 Å². The second-order valence-corrected chi connectivity index (χ2v) is 9.07. The molecule has 0 saturated carbocycles. The molecule has 162 valence electrons. The first-order chi connectivity index (χ1) is 15.0. The average molecular weight is 475 g/mol. The van der Waals surface area contributed by atoms with Gasteiger partial charge in [0.1, 0.15) is 15.0 Å². The summed E-state index contributed by atoms with van der Waals surface area (Å²) in [5, 5.41) is 2.01. The van der Waals surface area contributed by atoms with Crippen molar-refractivity contribution in [2.24, 2.45) is 0 Å². The monoisotopic (exact) mass is 474 g/mol. The van der Waals surface area contributed by atoms with Crippen molar-refractivity contribution in [3.63, 3.8) is 0 Å². The number of nitrogens with zero attached hydrogens (tertiary/aromatic N) is 3. The summed E-state index contributed by atoms with van der Waals surface area (Å²) in [5.41, 5.74) is 7.10. The molecule has 4 aromatic rings. The number of thiophene rings is 2. The Kier molecular flexibility index (Phi) is 7.95. The van der Waals surface area contributed by atoms with Gasteiger partial charge in [0.05, 0.1) is 12.2 Å². The van der Waals surface area contributed by atoms with E-state index in [4.69, 9.17) is 22.1 Å². The summed E-state index contributed by atoms with van der Waals surface area (Å²) in [6.07, 6.45) is 5.33. The molecule has 0 atom stereocenters. The van der Waals surface area contributed by atoms with Crippen molar-refractivity contribution in [2.45, 2.75) is 33.6 Å². The number of ether oxygens (including phenoxy) is 1. The second kappa shape index (κ2) is 10.7. The number of aryl methyl sites for hydroxylation is 2. The van der Waals surface area contributed by atoms with Crippen LogP contribution in [-0.4, -0.2) is 27.5 Å². The van der Waals surface area contributed by atoms with Gasteiger partial charge in [-0.1, -0.05) is 25.4 Å². The van der Waals surface area contributed by atoms with Gasteiger partial charge in [-0.05, 0) is 44.0 Å². The summed E-state index contributed by atoms with van der Waals surface area (Å²) in [4.78, 5) is 27.5. The summed E-state index contributed by atoms with van der Waals surface area (Å²) in [7, 11) is 0. The molecule has 6 nitrogen and oxygen atoms in total. The van der Waals surface area contributed by atoms with E-state index >= 15 is 0 Å². The van der Waals surface area contributed by atoms with Crippen molar-refractivity contribution < 1.29 is 9.53 Å². The van der Waals surface area contributed by atoms with Crippen molar-refractivity contribution >= 4 is 55.5 Å². The number of hydrogen-bond acceptors (Lipinski definition) is 8. The highest BCUT2D eigenvalue weighted by Crippen LogP contribution is 2.31. The Hall–Kier alpha value is -2.55. The number of aromatic nitrogens is 3. The van der Waals surface area contributed by atoms with Crippen LogP contribution in [0.5, 0.6) is 0 Å². The van der Waals surface area contributed by atoms with E-state index in [-0.39, 0.29) is 5.97 Å². The Labute approximate surface area is 194 Å². The van der Waals surface area contributed by atoms with E-state index in [1.165, 1.54) is 16.2 Å². The van der Waals surface area contributed by atoms with Gasteiger partial charge in [0.2, 0.25) is 0 Å². The first-order valence-electron chi connectivity index (χ1n) is 9.88. The number of anilines is 1. The van der Waals surface area contributed by atoms with Crippen LogP contribution in [-0.2, 0) is 17.6 Å². The Balaban J connectivity index is 0.000000187. The van der Waals surface area contributed by atoms with E-state index in [1.54, 1.807) is 36.7 Å². The number of esters is 1. The van der Waals surface area contributed by atoms with E-state index in [0.717, 1.165) is 33.5 Å². The molecule has 0 aliphatic rings. The van der Waals surface area contributed by atoms with Gasteiger partial charge in [0, 0.05) is 33.1 Å². The third kappa shape index (κ3) is 5.58. The van der Waals surface area contributed by atoms with Crippen LogP contribution in [0.25, 0.3) is 21.6 Å². The fraction of sp³-hybridized carbons (Fsp3) is 0.273. The fourth-order valence-electron chi connectivity index (χ4n) is 2.74. The molecule has 31 heavy (non-hydrogen) atoms. The van der Waals surface area contributed by atoms with Crippen LogP contribution in [0.3, 0.4) is 0 Å². The van der Waals surface area contributed by atoms with Crippen molar-refractivity contribution in [3.8, 4) is 11.4 Å². The Morgan fingerprint density at radius 3 is 2.35 bits per heavy atom. The number of halogens is 1. The fourth-order valence-corrected chi connectivity index (χ4v) is 4.84. The number of nitrogens with two attached hydrogens (primary N) is 1. The maximum atomic E-state index is 11.3. The minimum atomic E-state index is -0.323. The zero-order valence-electron chi connectivity index (χ0n) is 17.5. The van der Waals surface area contributed by atoms with Gasteiger partial charge >= 0.3 is 5.97 Å². The van der Waals surface area contributed by atoms with Crippen molar-refractivity contribution in [2.75, 3.05) is 12.3 Å². The number of rotatable bonds is 5. The molecule has 0 aliphatic carbocycles. The molecule has 2 N–H and O–H groups in total. The van der Waals surface area contributed by atoms with Gasteiger partial charge in [-0.2, -0.15) is 0 Å². The standard InChI is InChI=1S/C13H10ClN3S.C9H13NO2S/c1-2-9-7-10-11(14)16-12(17-13(10)18-9)8-3-5-15-6-4-8;1-3-6-5-7(8(10)13-6)9(11)12-4-2/h3-7H,2H2,1H3;5H,3-4,10H2,1-2H3. The predicted octanol–water partition coefficient (Wildman–Crippen LogP) is 6.04. The molecule has 4 aromatic heterocycles. The molecule has 0 spiro atoms. The molecule has 0 radical (unpaired) electrons. The lowest BCUT2D eigenvalue weighted by Gasteiger charge is -2.00. The SMILES string of the molecule is CCOC(=O)c1cc(CC)sc1N.CCc1cc2c(Cl)nc(-c3ccncc3)nc2s1. The third-order valence-corrected chi connectivity index (χ3v) is 6.91. The normalized spacial score (nSPS) is 10.6. The van der Waals surface area contributed by atoms with Gasteiger partial charge in [0.15, 0.2) is 5.82 Å². The molecule has 0 saturated heterocycles. The summed E-state index contributed by atoms with van der Waals surface area (Å²) < 4.78 is 4.85. The molecular formula is C22H23ClN4O2S2.